The second-order valence-electron chi connectivity index (χ2n) is 5.10. The molecule has 0 spiro atoms. The van der Waals surface area contributed by atoms with Crippen molar-refractivity contribution < 1.29 is 4.79 Å². The molecule has 0 fully saturated rings. The fourth-order valence-electron chi connectivity index (χ4n) is 1.98. The average Bonchev–Trinajstić information content (AvgIpc) is 2.29. The second-order valence-corrected chi connectivity index (χ2v) is 5.10. The molecule has 1 aromatic carbocycles. The third kappa shape index (κ3) is 2.76. The Morgan fingerprint density at radius 2 is 2.18 bits per heavy atom. The number of carbonyl (C=O) groups excluding carboxylic acids is 1. The van der Waals surface area contributed by atoms with Gasteiger partial charge in [-0.15, -0.1) is 0 Å². The van der Waals surface area contributed by atoms with Crippen LogP contribution in [0, 0.1) is 11.8 Å². The Bertz CT molecular complexity index is 460. The zero-order valence-electron chi connectivity index (χ0n) is 10.7. The molecule has 1 atom stereocenters. The van der Waals surface area contributed by atoms with Crippen molar-refractivity contribution in [2.45, 2.75) is 27.2 Å². The molecule has 0 saturated carbocycles. The number of anilines is 1. The van der Waals surface area contributed by atoms with E-state index in [1.807, 2.05) is 19.9 Å². The van der Waals surface area contributed by atoms with Crippen molar-refractivity contribution in [1.29, 1.82) is 0 Å². The second kappa shape index (κ2) is 4.74. The maximum absolute atomic E-state index is 11.6. The number of amides is 1. The van der Waals surface area contributed by atoms with Crippen molar-refractivity contribution in [2.75, 3.05) is 5.32 Å². The quantitative estimate of drug-likeness (QED) is 0.826. The van der Waals surface area contributed by atoms with Crippen LogP contribution < -0.4 is 5.32 Å². The summed E-state index contributed by atoms with van der Waals surface area (Å²) in [4.78, 5) is 11.6. The van der Waals surface area contributed by atoms with Gasteiger partial charge in [-0.3, -0.25) is 4.79 Å². The number of carbonyl (C=O) groups is 1. The van der Waals surface area contributed by atoms with E-state index in [4.69, 9.17) is 0 Å². The summed E-state index contributed by atoms with van der Waals surface area (Å²) in [6.07, 6.45) is 5.45. The van der Waals surface area contributed by atoms with E-state index in [1.54, 1.807) is 0 Å². The SMILES string of the molecule is CC1C=Cc2cc(NC(=O)C(C)C)ccc2C1. The first kappa shape index (κ1) is 11.9. The van der Waals surface area contributed by atoms with Gasteiger partial charge in [0.15, 0.2) is 0 Å². The summed E-state index contributed by atoms with van der Waals surface area (Å²) < 4.78 is 0. The van der Waals surface area contributed by atoms with Gasteiger partial charge in [0.2, 0.25) is 5.91 Å². The molecule has 2 heteroatoms. The van der Waals surface area contributed by atoms with Crippen LogP contribution in [0.3, 0.4) is 0 Å². The molecule has 0 radical (unpaired) electrons. The topological polar surface area (TPSA) is 29.1 Å². The van der Waals surface area contributed by atoms with Gasteiger partial charge in [0.05, 0.1) is 0 Å². The Morgan fingerprint density at radius 3 is 2.88 bits per heavy atom. The summed E-state index contributed by atoms with van der Waals surface area (Å²) in [5, 5.41) is 2.93. The lowest BCUT2D eigenvalue weighted by atomic mass is 9.90. The lowest BCUT2D eigenvalue weighted by Gasteiger charge is -2.17. The van der Waals surface area contributed by atoms with Crippen LogP contribution in [0.2, 0.25) is 0 Å². The summed E-state index contributed by atoms with van der Waals surface area (Å²) >= 11 is 0. The van der Waals surface area contributed by atoms with E-state index >= 15 is 0 Å². The third-order valence-corrected chi connectivity index (χ3v) is 3.08. The lowest BCUT2D eigenvalue weighted by molar-refractivity contribution is -0.118. The predicted octanol–water partition coefficient (Wildman–Crippen LogP) is 3.49. The number of fused-ring (bicyclic) bond motifs is 1. The number of nitrogens with one attached hydrogen (secondary N) is 1. The minimum atomic E-state index is 0.0154. The zero-order chi connectivity index (χ0) is 12.4. The highest BCUT2D eigenvalue weighted by Crippen LogP contribution is 2.25. The van der Waals surface area contributed by atoms with Gasteiger partial charge in [0.25, 0.3) is 0 Å². The van der Waals surface area contributed by atoms with Crippen molar-refractivity contribution >= 4 is 17.7 Å². The maximum Gasteiger partial charge on any atom is 0.226 e. The molecule has 1 aliphatic rings. The van der Waals surface area contributed by atoms with E-state index in [9.17, 15) is 4.79 Å². The van der Waals surface area contributed by atoms with Crippen molar-refractivity contribution in [3.8, 4) is 0 Å². The highest BCUT2D eigenvalue weighted by Gasteiger charge is 2.12. The van der Waals surface area contributed by atoms with Crippen LogP contribution in [0.5, 0.6) is 0 Å². The molecule has 2 rings (SSSR count). The molecule has 1 unspecified atom stereocenters. The average molecular weight is 229 g/mol. The summed E-state index contributed by atoms with van der Waals surface area (Å²) in [5.41, 5.74) is 3.48. The molecule has 1 N–H and O–H groups in total. The minimum Gasteiger partial charge on any atom is -0.326 e. The molecule has 0 saturated heterocycles. The molecular weight excluding hydrogens is 210 g/mol. The van der Waals surface area contributed by atoms with Crippen LogP contribution in [0.25, 0.3) is 6.08 Å². The Hall–Kier alpha value is -1.57. The summed E-state index contributed by atoms with van der Waals surface area (Å²) in [6.45, 7) is 6.01. The molecule has 90 valence electrons. The maximum atomic E-state index is 11.6. The van der Waals surface area contributed by atoms with Gasteiger partial charge in [-0.1, -0.05) is 39.0 Å². The number of benzene rings is 1. The van der Waals surface area contributed by atoms with Gasteiger partial charge in [0, 0.05) is 11.6 Å². The third-order valence-electron chi connectivity index (χ3n) is 3.08. The van der Waals surface area contributed by atoms with Crippen molar-refractivity contribution in [1.82, 2.24) is 0 Å². The summed E-state index contributed by atoms with van der Waals surface area (Å²) in [6, 6.07) is 6.16. The Labute approximate surface area is 103 Å². The molecule has 0 aromatic heterocycles. The standard InChI is InChI=1S/C15H19NO/c1-10(2)15(17)16-14-7-6-12-8-11(3)4-5-13(12)9-14/h4-7,9-11H,8H2,1-3H3,(H,16,17). The van der Waals surface area contributed by atoms with Gasteiger partial charge in [-0.2, -0.15) is 0 Å². The Morgan fingerprint density at radius 1 is 1.41 bits per heavy atom. The molecule has 1 amide bonds. The largest absolute Gasteiger partial charge is 0.326 e. The lowest BCUT2D eigenvalue weighted by Crippen LogP contribution is -2.18. The molecular formula is C15H19NO. The Balaban J connectivity index is 2.19. The zero-order valence-corrected chi connectivity index (χ0v) is 10.7. The highest BCUT2D eigenvalue weighted by atomic mass is 16.1. The van der Waals surface area contributed by atoms with E-state index in [2.05, 4.69) is 36.5 Å². The van der Waals surface area contributed by atoms with Crippen LogP contribution in [0.15, 0.2) is 24.3 Å². The molecule has 0 heterocycles. The van der Waals surface area contributed by atoms with Crippen molar-refractivity contribution in [3.63, 3.8) is 0 Å². The predicted molar refractivity (Wildman–Crippen MR) is 71.8 cm³/mol. The van der Waals surface area contributed by atoms with Gasteiger partial charge in [0.1, 0.15) is 0 Å². The molecule has 1 aliphatic carbocycles. The molecule has 2 nitrogen and oxygen atoms in total. The van der Waals surface area contributed by atoms with E-state index in [1.165, 1.54) is 11.1 Å². The van der Waals surface area contributed by atoms with Crippen LogP contribution in [-0.4, -0.2) is 5.91 Å². The van der Waals surface area contributed by atoms with Crippen molar-refractivity contribution in [2.24, 2.45) is 11.8 Å². The van der Waals surface area contributed by atoms with E-state index < -0.39 is 0 Å². The molecule has 1 aromatic rings. The van der Waals surface area contributed by atoms with E-state index in [0.717, 1.165) is 12.1 Å². The first-order valence-corrected chi connectivity index (χ1v) is 6.18. The number of allylic oxidation sites excluding steroid dienone is 1. The molecule has 0 aliphatic heterocycles. The fraction of sp³-hybridized carbons (Fsp3) is 0.400. The Kier molecular flexibility index (Phi) is 3.32. The van der Waals surface area contributed by atoms with Crippen molar-refractivity contribution in [3.05, 3.63) is 35.4 Å². The first-order valence-electron chi connectivity index (χ1n) is 6.18. The molecule has 17 heavy (non-hydrogen) atoms. The summed E-state index contributed by atoms with van der Waals surface area (Å²) in [5.74, 6) is 0.693. The first-order chi connectivity index (χ1) is 8.06. The van der Waals surface area contributed by atoms with Gasteiger partial charge in [-0.25, -0.2) is 0 Å². The van der Waals surface area contributed by atoms with E-state index in [0.29, 0.717) is 5.92 Å². The van der Waals surface area contributed by atoms with Gasteiger partial charge >= 0.3 is 0 Å². The van der Waals surface area contributed by atoms with Crippen LogP contribution in [-0.2, 0) is 11.2 Å². The smallest absolute Gasteiger partial charge is 0.226 e. The molecule has 0 bridgehead atoms. The van der Waals surface area contributed by atoms with Crippen LogP contribution in [0.4, 0.5) is 5.69 Å². The van der Waals surface area contributed by atoms with Crippen LogP contribution >= 0.6 is 0 Å². The number of rotatable bonds is 2. The summed E-state index contributed by atoms with van der Waals surface area (Å²) in [7, 11) is 0. The number of hydrogen-bond donors (Lipinski definition) is 1. The van der Waals surface area contributed by atoms with Crippen LogP contribution in [0.1, 0.15) is 31.9 Å². The number of hydrogen-bond acceptors (Lipinski definition) is 1. The minimum absolute atomic E-state index is 0.0154. The van der Waals surface area contributed by atoms with Gasteiger partial charge < -0.3 is 5.32 Å². The highest BCUT2D eigenvalue weighted by molar-refractivity contribution is 5.92. The monoisotopic (exact) mass is 229 g/mol. The fourth-order valence-corrected chi connectivity index (χ4v) is 1.98. The van der Waals surface area contributed by atoms with E-state index in [-0.39, 0.29) is 11.8 Å². The van der Waals surface area contributed by atoms with Gasteiger partial charge in [-0.05, 0) is 35.6 Å². The normalized spacial score (nSPS) is 18.0.